The van der Waals surface area contributed by atoms with Crippen LogP contribution in [0, 0.1) is 11.6 Å². The number of amides is 1. The lowest BCUT2D eigenvalue weighted by Crippen LogP contribution is -2.39. The van der Waals surface area contributed by atoms with E-state index in [1.54, 1.807) is 18.1 Å². The first kappa shape index (κ1) is 23.4. The van der Waals surface area contributed by atoms with Gasteiger partial charge in [-0.25, -0.2) is 8.78 Å². The number of halogens is 2. The summed E-state index contributed by atoms with van der Waals surface area (Å²) < 4.78 is 33.1. The molecule has 0 aromatic heterocycles. The van der Waals surface area contributed by atoms with E-state index < -0.39 is 11.6 Å². The molecule has 0 bridgehead atoms. The molecule has 0 fully saturated rings. The van der Waals surface area contributed by atoms with Gasteiger partial charge in [0.15, 0.2) is 11.6 Å². The Morgan fingerprint density at radius 3 is 2.68 bits per heavy atom. The second kappa shape index (κ2) is 10.5. The molecular weight excluding hydrogens is 432 g/mol. The molecule has 0 saturated carbocycles. The molecule has 174 valence electrons. The molecule has 0 aliphatic heterocycles. The van der Waals surface area contributed by atoms with Crippen LogP contribution in [-0.4, -0.2) is 24.0 Å². The van der Waals surface area contributed by atoms with Crippen molar-refractivity contribution in [1.29, 1.82) is 0 Å². The number of carbonyl (C=O) groups is 1. The van der Waals surface area contributed by atoms with Crippen LogP contribution >= 0.6 is 0 Å². The molecule has 0 heterocycles. The zero-order valence-electron chi connectivity index (χ0n) is 19.3. The third-order valence-electron chi connectivity index (χ3n) is 6.10. The molecule has 1 amide bonds. The normalized spacial score (nSPS) is 15.9. The summed E-state index contributed by atoms with van der Waals surface area (Å²) in [5, 5.41) is 1.72. The minimum atomic E-state index is -0.924. The molecule has 34 heavy (non-hydrogen) atoms. The van der Waals surface area contributed by atoms with Gasteiger partial charge in [0.05, 0.1) is 12.7 Å². The molecule has 1 aliphatic carbocycles. The Morgan fingerprint density at radius 2 is 1.91 bits per heavy atom. The van der Waals surface area contributed by atoms with Crippen LogP contribution in [0.15, 0.2) is 90.6 Å². The van der Waals surface area contributed by atoms with Crippen molar-refractivity contribution in [1.82, 2.24) is 4.90 Å². The Bertz CT molecular complexity index is 1290. The number of fused-ring (bicyclic) bond motifs is 1. The van der Waals surface area contributed by atoms with Crippen molar-refractivity contribution in [3.63, 3.8) is 0 Å². The van der Waals surface area contributed by atoms with E-state index in [1.807, 2.05) is 61.6 Å². The van der Waals surface area contributed by atoms with Gasteiger partial charge in [-0.05, 0) is 59.9 Å². The van der Waals surface area contributed by atoms with Crippen molar-refractivity contribution >= 4 is 16.7 Å². The standard InChI is InChI=1S/C29H27F2NO2/c1-3-4-5-8-20-11-14-23(17-20)32(19-21-12-15-25(30)26(31)18-21)29(33)28-24-10-7-6-9-22(24)13-16-27(28)34-2/h3-13,15-16,18,23H,14,17,19H2,1-2H3/b4-3-,8-5-. The lowest BCUT2D eigenvalue weighted by molar-refractivity contribution is 0.0667. The summed E-state index contributed by atoms with van der Waals surface area (Å²) in [5.74, 6) is -1.54. The highest BCUT2D eigenvalue weighted by Crippen LogP contribution is 2.33. The van der Waals surface area contributed by atoms with Crippen molar-refractivity contribution < 1.29 is 18.3 Å². The molecule has 0 spiro atoms. The number of methoxy groups -OCH3 is 1. The van der Waals surface area contributed by atoms with Gasteiger partial charge in [-0.1, -0.05) is 66.8 Å². The van der Waals surface area contributed by atoms with E-state index in [1.165, 1.54) is 6.07 Å². The fraction of sp³-hybridized carbons (Fsp3) is 0.207. The number of allylic oxidation sites excluding steroid dienone is 4. The van der Waals surface area contributed by atoms with Gasteiger partial charge in [-0.15, -0.1) is 0 Å². The molecule has 3 aromatic carbocycles. The first-order chi connectivity index (χ1) is 16.5. The van der Waals surface area contributed by atoms with Gasteiger partial charge in [0.2, 0.25) is 0 Å². The van der Waals surface area contributed by atoms with Crippen molar-refractivity contribution in [2.45, 2.75) is 32.4 Å². The Morgan fingerprint density at radius 1 is 1.09 bits per heavy atom. The third kappa shape index (κ3) is 4.93. The molecule has 3 aromatic rings. The molecule has 4 rings (SSSR count). The Labute approximate surface area is 198 Å². The highest BCUT2D eigenvalue weighted by Gasteiger charge is 2.30. The van der Waals surface area contributed by atoms with E-state index in [9.17, 15) is 13.6 Å². The number of rotatable bonds is 7. The fourth-order valence-electron chi connectivity index (χ4n) is 4.38. The SMILES string of the molecule is C/C=C\C=C/C1=CCC(N(Cc2ccc(F)c(F)c2)C(=O)c2c(OC)ccc3ccccc23)C1. The lowest BCUT2D eigenvalue weighted by atomic mass is 10.0. The van der Waals surface area contributed by atoms with Crippen molar-refractivity contribution in [3.05, 3.63) is 113 Å². The van der Waals surface area contributed by atoms with E-state index in [0.717, 1.165) is 28.5 Å². The van der Waals surface area contributed by atoms with Gasteiger partial charge in [-0.2, -0.15) is 0 Å². The molecule has 0 saturated heterocycles. The Kier molecular flexibility index (Phi) is 7.21. The lowest BCUT2D eigenvalue weighted by Gasteiger charge is -2.30. The zero-order valence-corrected chi connectivity index (χ0v) is 19.3. The third-order valence-corrected chi connectivity index (χ3v) is 6.10. The van der Waals surface area contributed by atoms with Crippen LogP contribution in [-0.2, 0) is 6.54 Å². The van der Waals surface area contributed by atoms with Crippen LogP contribution in [0.3, 0.4) is 0 Å². The minimum absolute atomic E-state index is 0.116. The molecule has 5 heteroatoms. The van der Waals surface area contributed by atoms with E-state index in [2.05, 4.69) is 6.08 Å². The highest BCUT2D eigenvalue weighted by atomic mass is 19.2. The van der Waals surface area contributed by atoms with Crippen LogP contribution in [0.2, 0.25) is 0 Å². The summed E-state index contributed by atoms with van der Waals surface area (Å²) >= 11 is 0. The molecule has 0 radical (unpaired) electrons. The van der Waals surface area contributed by atoms with Crippen molar-refractivity contribution in [3.8, 4) is 5.75 Å². The summed E-state index contributed by atoms with van der Waals surface area (Å²) in [6, 6.07) is 15.0. The number of nitrogens with zero attached hydrogens (tertiary/aromatic N) is 1. The number of hydrogen-bond acceptors (Lipinski definition) is 2. The predicted molar refractivity (Wildman–Crippen MR) is 132 cm³/mol. The average molecular weight is 460 g/mol. The van der Waals surface area contributed by atoms with Gasteiger partial charge in [-0.3, -0.25) is 4.79 Å². The second-order valence-electron chi connectivity index (χ2n) is 8.30. The number of carbonyl (C=O) groups excluding carboxylic acids is 1. The van der Waals surface area contributed by atoms with Gasteiger partial charge in [0, 0.05) is 12.6 Å². The number of hydrogen-bond donors (Lipinski definition) is 0. The second-order valence-corrected chi connectivity index (χ2v) is 8.30. The van der Waals surface area contributed by atoms with Crippen LogP contribution in [0.4, 0.5) is 8.78 Å². The fourth-order valence-corrected chi connectivity index (χ4v) is 4.38. The summed E-state index contributed by atoms with van der Waals surface area (Å²) in [5.41, 5.74) is 2.14. The summed E-state index contributed by atoms with van der Waals surface area (Å²) in [6.07, 6.45) is 11.4. The molecule has 1 aliphatic rings. The van der Waals surface area contributed by atoms with E-state index in [0.29, 0.717) is 29.7 Å². The van der Waals surface area contributed by atoms with Crippen LogP contribution in [0.25, 0.3) is 10.8 Å². The van der Waals surface area contributed by atoms with Gasteiger partial charge in [0.25, 0.3) is 5.91 Å². The molecule has 0 N–H and O–H groups in total. The van der Waals surface area contributed by atoms with Crippen molar-refractivity contribution in [2.75, 3.05) is 7.11 Å². The van der Waals surface area contributed by atoms with Gasteiger partial charge in [0.1, 0.15) is 5.75 Å². The van der Waals surface area contributed by atoms with Crippen LogP contribution in [0.1, 0.15) is 35.7 Å². The topological polar surface area (TPSA) is 29.5 Å². The zero-order chi connectivity index (χ0) is 24.1. The first-order valence-electron chi connectivity index (χ1n) is 11.3. The minimum Gasteiger partial charge on any atom is -0.496 e. The predicted octanol–water partition coefficient (Wildman–Crippen LogP) is 6.99. The summed E-state index contributed by atoms with van der Waals surface area (Å²) in [7, 11) is 1.54. The summed E-state index contributed by atoms with van der Waals surface area (Å²) in [6.45, 7) is 2.11. The smallest absolute Gasteiger partial charge is 0.258 e. The summed E-state index contributed by atoms with van der Waals surface area (Å²) in [4.78, 5) is 15.8. The molecular formula is C29H27F2NO2. The maximum absolute atomic E-state index is 14.1. The van der Waals surface area contributed by atoms with Gasteiger partial charge >= 0.3 is 0 Å². The molecule has 1 unspecified atom stereocenters. The molecule has 1 atom stereocenters. The van der Waals surface area contributed by atoms with Crippen molar-refractivity contribution in [2.24, 2.45) is 0 Å². The largest absolute Gasteiger partial charge is 0.496 e. The van der Waals surface area contributed by atoms with E-state index in [4.69, 9.17) is 4.74 Å². The maximum atomic E-state index is 14.1. The maximum Gasteiger partial charge on any atom is 0.258 e. The Hall–Kier alpha value is -3.73. The number of benzene rings is 3. The van der Waals surface area contributed by atoms with Gasteiger partial charge < -0.3 is 9.64 Å². The van der Waals surface area contributed by atoms with Crippen LogP contribution in [0.5, 0.6) is 5.75 Å². The number of ether oxygens (including phenoxy) is 1. The van der Waals surface area contributed by atoms with E-state index in [-0.39, 0.29) is 18.5 Å². The quantitative estimate of drug-likeness (QED) is 0.356. The monoisotopic (exact) mass is 459 g/mol. The molecule has 3 nitrogen and oxygen atoms in total. The average Bonchev–Trinajstić information content (AvgIpc) is 3.32. The van der Waals surface area contributed by atoms with E-state index >= 15 is 0 Å². The Balaban J connectivity index is 1.73. The highest BCUT2D eigenvalue weighted by molar-refractivity contribution is 6.09. The van der Waals surface area contributed by atoms with Crippen LogP contribution < -0.4 is 4.74 Å². The first-order valence-corrected chi connectivity index (χ1v) is 11.3.